The third-order valence-electron chi connectivity index (χ3n) is 2.30. The summed E-state index contributed by atoms with van der Waals surface area (Å²) in [7, 11) is -4.20. The van der Waals surface area contributed by atoms with E-state index in [4.69, 9.17) is 23.2 Å². The highest BCUT2D eigenvalue weighted by Crippen LogP contribution is 2.28. The molecular formula is C10H6Cl2N4O4S. The van der Waals surface area contributed by atoms with E-state index in [1.165, 1.54) is 12.4 Å². The van der Waals surface area contributed by atoms with E-state index in [1.54, 1.807) is 0 Å². The monoisotopic (exact) mass is 348 g/mol. The second-order valence-electron chi connectivity index (χ2n) is 3.67. The first-order valence-electron chi connectivity index (χ1n) is 5.24. The molecule has 0 aliphatic carbocycles. The normalized spacial score (nSPS) is 11.1. The second kappa shape index (κ2) is 5.80. The van der Waals surface area contributed by atoms with Gasteiger partial charge in [0.15, 0.2) is 11.0 Å². The molecule has 2 aromatic rings. The molecule has 0 saturated carbocycles. The zero-order valence-corrected chi connectivity index (χ0v) is 12.4. The van der Waals surface area contributed by atoms with Crippen LogP contribution in [0.2, 0.25) is 10.2 Å². The minimum Gasteiger partial charge on any atom is -0.261 e. The fourth-order valence-electron chi connectivity index (χ4n) is 1.38. The molecule has 8 nitrogen and oxygen atoms in total. The molecule has 0 unspecified atom stereocenters. The topological polar surface area (TPSA) is 115 Å². The average molecular weight is 349 g/mol. The van der Waals surface area contributed by atoms with Crippen LogP contribution in [-0.4, -0.2) is 23.3 Å². The number of nitro groups is 1. The Morgan fingerprint density at radius 2 is 1.86 bits per heavy atom. The molecule has 0 atom stereocenters. The highest BCUT2D eigenvalue weighted by Gasteiger charge is 2.23. The van der Waals surface area contributed by atoms with Gasteiger partial charge in [0, 0.05) is 24.5 Å². The van der Waals surface area contributed by atoms with Crippen LogP contribution in [0.1, 0.15) is 0 Å². The van der Waals surface area contributed by atoms with Crippen molar-refractivity contribution in [3.8, 4) is 0 Å². The van der Waals surface area contributed by atoms with Gasteiger partial charge in [-0.05, 0) is 6.07 Å². The molecule has 110 valence electrons. The highest BCUT2D eigenvalue weighted by molar-refractivity contribution is 7.92. The lowest BCUT2D eigenvalue weighted by atomic mass is 10.3. The maximum absolute atomic E-state index is 12.2. The summed E-state index contributed by atoms with van der Waals surface area (Å²) in [5, 5.41) is 10.4. The summed E-state index contributed by atoms with van der Waals surface area (Å²) < 4.78 is 26.5. The number of nitrogens with zero attached hydrogens (tertiary/aromatic N) is 3. The number of nitrogens with one attached hydrogen (secondary N) is 1. The largest absolute Gasteiger partial charge is 0.270 e. The Morgan fingerprint density at radius 3 is 2.48 bits per heavy atom. The van der Waals surface area contributed by atoms with Gasteiger partial charge in [-0.1, -0.05) is 23.2 Å². The van der Waals surface area contributed by atoms with Crippen molar-refractivity contribution >= 4 is 44.7 Å². The Bertz CT molecular complexity index is 812. The molecule has 0 fully saturated rings. The maximum Gasteiger partial charge on any atom is 0.270 e. The van der Waals surface area contributed by atoms with Gasteiger partial charge in [0.2, 0.25) is 0 Å². The molecule has 0 aliphatic rings. The number of aromatic nitrogens is 2. The van der Waals surface area contributed by atoms with Gasteiger partial charge in [0.1, 0.15) is 4.90 Å². The average Bonchev–Trinajstić information content (AvgIpc) is 2.41. The molecule has 1 heterocycles. The molecule has 0 aliphatic heterocycles. The van der Waals surface area contributed by atoms with Crippen LogP contribution >= 0.6 is 23.2 Å². The third kappa shape index (κ3) is 3.38. The predicted molar refractivity (Wildman–Crippen MR) is 76.0 cm³/mol. The van der Waals surface area contributed by atoms with Crippen LogP contribution in [0.3, 0.4) is 0 Å². The molecule has 1 aromatic carbocycles. The summed E-state index contributed by atoms with van der Waals surface area (Å²) in [5.74, 6) is -0.207. The Kier molecular flexibility index (Phi) is 4.26. The van der Waals surface area contributed by atoms with E-state index in [-0.39, 0.29) is 16.0 Å². The van der Waals surface area contributed by atoms with Crippen LogP contribution in [0.15, 0.2) is 35.5 Å². The first-order chi connectivity index (χ1) is 9.81. The predicted octanol–water partition coefficient (Wildman–Crippen LogP) is 2.49. The first-order valence-corrected chi connectivity index (χ1v) is 7.48. The van der Waals surface area contributed by atoms with Crippen molar-refractivity contribution in [3.63, 3.8) is 0 Å². The Morgan fingerprint density at radius 1 is 1.19 bits per heavy atom. The number of anilines is 1. The summed E-state index contributed by atoms with van der Waals surface area (Å²) in [6, 6.07) is 3.05. The second-order valence-corrected chi connectivity index (χ2v) is 6.09. The first kappa shape index (κ1) is 15.4. The summed E-state index contributed by atoms with van der Waals surface area (Å²) in [4.78, 5) is 16.9. The van der Waals surface area contributed by atoms with Crippen molar-refractivity contribution in [3.05, 3.63) is 50.9 Å². The molecule has 2 rings (SSSR count). The number of rotatable bonds is 4. The summed E-state index contributed by atoms with van der Waals surface area (Å²) in [6.07, 6.45) is 2.51. The molecule has 0 bridgehead atoms. The van der Waals surface area contributed by atoms with E-state index in [0.717, 1.165) is 18.2 Å². The van der Waals surface area contributed by atoms with Crippen LogP contribution in [0, 0.1) is 10.1 Å². The fourth-order valence-corrected chi connectivity index (χ4v) is 3.13. The number of halogens is 2. The van der Waals surface area contributed by atoms with Gasteiger partial charge in [-0.2, -0.15) is 0 Å². The summed E-state index contributed by atoms with van der Waals surface area (Å²) >= 11 is 11.5. The van der Waals surface area contributed by atoms with Crippen molar-refractivity contribution in [2.24, 2.45) is 0 Å². The van der Waals surface area contributed by atoms with E-state index in [0.29, 0.717) is 0 Å². The molecule has 1 aromatic heterocycles. The molecule has 0 amide bonds. The molecule has 0 saturated heterocycles. The van der Waals surface area contributed by atoms with E-state index < -0.39 is 25.5 Å². The molecule has 1 N–H and O–H groups in total. The highest BCUT2D eigenvalue weighted by atomic mass is 35.5. The molecular weight excluding hydrogens is 343 g/mol. The molecule has 21 heavy (non-hydrogen) atoms. The number of nitro benzene ring substituents is 1. The maximum atomic E-state index is 12.2. The Labute approximate surface area is 128 Å². The van der Waals surface area contributed by atoms with Crippen molar-refractivity contribution in [2.75, 3.05) is 4.72 Å². The smallest absolute Gasteiger partial charge is 0.261 e. The van der Waals surface area contributed by atoms with Crippen molar-refractivity contribution in [1.29, 1.82) is 0 Å². The van der Waals surface area contributed by atoms with Gasteiger partial charge in [0.25, 0.3) is 15.7 Å². The Balaban J connectivity index is 2.47. The van der Waals surface area contributed by atoms with Crippen LogP contribution in [0.5, 0.6) is 0 Å². The molecule has 0 radical (unpaired) electrons. The number of hydrogen-bond acceptors (Lipinski definition) is 6. The summed E-state index contributed by atoms with van der Waals surface area (Å²) in [5.41, 5.74) is -0.412. The van der Waals surface area contributed by atoms with Crippen LogP contribution < -0.4 is 4.72 Å². The van der Waals surface area contributed by atoms with Crippen LogP contribution in [0.4, 0.5) is 11.5 Å². The summed E-state index contributed by atoms with van der Waals surface area (Å²) in [6.45, 7) is 0. The minimum atomic E-state index is -4.20. The van der Waals surface area contributed by atoms with Gasteiger partial charge < -0.3 is 0 Å². The van der Waals surface area contributed by atoms with Gasteiger partial charge in [-0.25, -0.2) is 18.4 Å². The van der Waals surface area contributed by atoms with Crippen molar-refractivity contribution < 1.29 is 13.3 Å². The van der Waals surface area contributed by atoms with E-state index in [2.05, 4.69) is 14.7 Å². The van der Waals surface area contributed by atoms with E-state index in [1.807, 2.05) is 0 Å². The van der Waals surface area contributed by atoms with Crippen molar-refractivity contribution in [2.45, 2.75) is 4.90 Å². The number of sulfonamides is 1. The fraction of sp³-hybridized carbons (Fsp3) is 0. The van der Waals surface area contributed by atoms with Crippen LogP contribution in [0.25, 0.3) is 0 Å². The van der Waals surface area contributed by atoms with Gasteiger partial charge in [0.05, 0.1) is 9.95 Å². The van der Waals surface area contributed by atoms with Gasteiger partial charge in [-0.15, -0.1) is 0 Å². The third-order valence-corrected chi connectivity index (χ3v) is 4.40. The van der Waals surface area contributed by atoms with Gasteiger partial charge >= 0.3 is 0 Å². The number of hydrogen-bond donors (Lipinski definition) is 1. The SMILES string of the molecule is O=[N+]([O-])c1ccc(Cl)c(S(=O)(=O)Nc2nccnc2Cl)c1. The van der Waals surface area contributed by atoms with E-state index >= 15 is 0 Å². The zero-order valence-electron chi connectivity index (χ0n) is 10.0. The lowest BCUT2D eigenvalue weighted by molar-refractivity contribution is -0.385. The standard InChI is InChI=1S/C10H6Cl2N4O4S/c11-7-2-1-6(16(17)18)5-8(7)21(19,20)15-10-9(12)13-3-4-14-10/h1-5H,(H,14,15). The quantitative estimate of drug-likeness (QED) is 0.670. The van der Waals surface area contributed by atoms with E-state index in [9.17, 15) is 18.5 Å². The number of benzene rings is 1. The van der Waals surface area contributed by atoms with Crippen molar-refractivity contribution in [1.82, 2.24) is 9.97 Å². The number of non-ortho nitro benzene ring substituents is 1. The minimum absolute atomic E-state index is 0.164. The van der Waals surface area contributed by atoms with Gasteiger partial charge in [-0.3, -0.25) is 14.8 Å². The Hall–Kier alpha value is -1.97. The van der Waals surface area contributed by atoms with Crippen LogP contribution in [-0.2, 0) is 10.0 Å². The molecule has 0 spiro atoms. The lowest BCUT2D eigenvalue weighted by Gasteiger charge is -2.09. The lowest BCUT2D eigenvalue weighted by Crippen LogP contribution is -2.15. The molecule has 11 heteroatoms. The zero-order chi connectivity index (χ0) is 15.6.